The van der Waals surface area contributed by atoms with Gasteiger partial charge in [-0.3, -0.25) is 4.99 Å². The van der Waals surface area contributed by atoms with Crippen molar-refractivity contribution >= 4 is 15.9 Å². The predicted molar refractivity (Wildman–Crippen MR) is 87.3 cm³/mol. The van der Waals surface area contributed by atoms with Gasteiger partial charge in [-0.25, -0.2) is 0 Å². The van der Waals surface area contributed by atoms with Crippen molar-refractivity contribution in [1.82, 2.24) is 14.9 Å². The van der Waals surface area contributed by atoms with Gasteiger partial charge in [-0.15, -0.1) is 14.9 Å². The number of rotatable bonds is 2. The molecule has 3 aromatic rings. The van der Waals surface area contributed by atoms with Crippen LogP contribution in [0.2, 0.25) is 0 Å². The maximum atomic E-state index is 10.5. The molecule has 0 bridgehead atoms. The molecule has 0 fully saturated rings. The van der Waals surface area contributed by atoms with Gasteiger partial charge in [-0.05, 0) is 12.1 Å². The van der Waals surface area contributed by atoms with Crippen LogP contribution in [0.15, 0.2) is 64.1 Å². The standard InChI is InChI=1S/C16H13BrN4O/c1-18-16-14(11-6-3-2-4-7-11)19-20-15(21(16)22)12-8-5-9-13(17)10-12/h2-10,22H,1H3. The van der Waals surface area contributed by atoms with E-state index in [2.05, 4.69) is 31.1 Å². The maximum Gasteiger partial charge on any atom is 0.199 e. The van der Waals surface area contributed by atoms with Crippen molar-refractivity contribution in [3.8, 4) is 22.6 Å². The second-order valence-electron chi connectivity index (χ2n) is 4.61. The van der Waals surface area contributed by atoms with Crippen LogP contribution in [0, 0.1) is 0 Å². The van der Waals surface area contributed by atoms with Gasteiger partial charge in [0.2, 0.25) is 0 Å². The van der Waals surface area contributed by atoms with E-state index in [0.29, 0.717) is 17.0 Å². The van der Waals surface area contributed by atoms with E-state index < -0.39 is 0 Å². The van der Waals surface area contributed by atoms with Crippen LogP contribution in [0.25, 0.3) is 22.6 Å². The molecule has 5 nitrogen and oxygen atoms in total. The highest BCUT2D eigenvalue weighted by molar-refractivity contribution is 9.10. The van der Waals surface area contributed by atoms with Crippen LogP contribution < -0.4 is 5.49 Å². The summed E-state index contributed by atoms with van der Waals surface area (Å²) in [6, 6.07) is 17.0. The van der Waals surface area contributed by atoms with E-state index in [0.717, 1.165) is 20.3 Å². The van der Waals surface area contributed by atoms with E-state index in [9.17, 15) is 5.21 Å². The van der Waals surface area contributed by atoms with Crippen LogP contribution in [0.4, 0.5) is 0 Å². The summed E-state index contributed by atoms with van der Waals surface area (Å²) in [5.74, 6) is 0.335. The highest BCUT2D eigenvalue weighted by Crippen LogP contribution is 2.20. The lowest BCUT2D eigenvalue weighted by Gasteiger charge is -2.09. The Balaban J connectivity index is 2.22. The van der Waals surface area contributed by atoms with E-state index in [1.165, 1.54) is 0 Å². The number of benzene rings is 2. The minimum absolute atomic E-state index is 0.335. The third-order valence-electron chi connectivity index (χ3n) is 3.20. The van der Waals surface area contributed by atoms with E-state index in [1.54, 1.807) is 7.05 Å². The fraction of sp³-hybridized carbons (Fsp3) is 0.0625. The van der Waals surface area contributed by atoms with Crippen molar-refractivity contribution in [2.45, 2.75) is 0 Å². The minimum Gasteiger partial charge on any atom is -0.425 e. The average Bonchev–Trinajstić information content (AvgIpc) is 2.55. The molecule has 2 aromatic carbocycles. The zero-order valence-corrected chi connectivity index (χ0v) is 13.4. The molecule has 0 aliphatic carbocycles. The third kappa shape index (κ3) is 2.65. The number of hydrogen-bond donors (Lipinski definition) is 1. The first-order chi connectivity index (χ1) is 10.7. The zero-order chi connectivity index (χ0) is 15.5. The van der Waals surface area contributed by atoms with Crippen molar-refractivity contribution in [2.24, 2.45) is 4.99 Å². The van der Waals surface area contributed by atoms with Crippen LogP contribution in [0.3, 0.4) is 0 Å². The van der Waals surface area contributed by atoms with Crippen LogP contribution in [0.1, 0.15) is 0 Å². The van der Waals surface area contributed by atoms with E-state index >= 15 is 0 Å². The molecule has 1 aromatic heterocycles. The largest absolute Gasteiger partial charge is 0.425 e. The molecule has 0 radical (unpaired) electrons. The number of halogens is 1. The molecule has 0 aliphatic rings. The Bertz CT molecular complexity index is 875. The average molecular weight is 357 g/mol. The minimum atomic E-state index is 0.335. The van der Waals surface area contributed by atoms with Gasteiger partial charge in [0.25, 0.3) is 0 Å². The van der Waals surface area contributed by atoms with Gasteiger partial charge in [0.1, 0.15) is 5.69 Å². The first-order valence-corrected chi connectivity index (χ1v) is 7.43. The lowest BCUT2D eigenvalue weighted by atomic mass is 10.1. The summed E-state index contributed by atoms with van der Waals surface area (Å²) in [5.41, 5.74) is 2.48. The van der Waals surface area contributed by atoms with Gasteiger partial charge in [-0.2, -0.15) is 0 Å². The van der Waals surface area contributed by atoms with Gasteiger partial charge in [0.05, 0.1) is 0 Å². The van der Waals surface area contributed by atoms with Crippen molar-refractivity contribution in [3.63, 3.8) is 0 Å². The van der Waals surface area contributed by atoms with Crippen LogP contribution in [-0.2, 0) is 0 Å². The molecule has 0 atom stereocenters. The fourth-order valence-electron chi connectivity index (χ4n) is 2.18. The summed E-state index contributed by atoms with van der Waals surface area (Å²) in [5, 5.41) is 18.9. The van der Waals surface area contributed by atoms with Gasteiger partial charge < -0.3 is 5.21 Å². The summed E-state index contributed by atoms with van der Waals surface area (Å²) in [4.78, 5) is 4.15. The first-order valence-electron chi connectivity index (χ1n) is 6.64. The molecule has 110 valence electrons. The molecular formula is C16H13BrN4O. The molecule has 0 saturated carbocycles. The Morgan fingerprint density at radius 2 is 1.73 bits per heavy atom. The Kier molecular flexibility index (Phi) is 4.02. The highest BCUT2D eigenvalue weighted by atomic mass is 79.9. The summed E-state index contributed by atoms with van der Waals surface area (Å²) in [7, 11) is 1.61. The molecular weight excluding hydrogens is 344 g/mol. The monoisotopic (exact) mass is 356 g/mol. The molecule has 1 N–H and O–H groups in total. The van der Waals surface area contributed by atoms with Crippen LogP contribution >= 0.6 is 15.9 Å². The molecule has 0 unspecified atom stereocenters. The molecule has 1 heterocycles. The number of nitrogens with zero attached hydrogens (tertiary/aromatic N) is 4. The van der Waals surface area contributed by atoms with Crippen molar-refractivity contribution in [3.05, 3.63) is 64.6 Å². The molecule has 6 heteroatoms. The quantitative estimate of drug-likeness (QED) is 0.717. The van der Waals surface area contributed by atoms with Gasteiger partial charge in [0, 0.05) is 22.6 Å². The maximum absolute atomic E-state index is 10.5. The van der Waals surface area contributed by atoms with E-state index in [1.807, 2.05) is 54.6 Å². The Morgan fingerprint density at radius 3 is 2.41 bits per heavy atom. The number of aromatic nitrogens is 3. The number of hydrogen-bond acceptors (Lipinski definition) is 4. The summed E-state index contributed by atoms with van der Waals surface area (Å²) < 4.78 is 1.87. The lowest BCUT2D eigenvalue weighted by molar-refractivity contribution is 0.172. The predicted octanol–water partition coefficient (Wildman–Crippen LogP) is 3.14. The molecule has 0 saturated heterocycles. The Hall–Kier alpha value is -2.47. The SMILES string of the molecule is CN=c1c(-c2ccccc2)nnc(-c2cccc(Br)c2)n1O. The Labute approximate surface area is 135 Å². The molecule has 0 spiro atoms. The highest BCUT2D eigenvalue weighted by Gasteiger charge is 2.13. The summed E-state index contributed by atoms with van der Waals surface area (Å²) >= 11 is 3.41. The zero-order valence-electron chi connectivity index (χ0n) is 11.8. The fourth-order valence-corrected chi connectivity index (χ4v) is 2.58. The second-order valence-corrected chi connectivity index (χ2v) is 5.52. The van der Waals surface area contributed by atoms with Crippen molar-refractivity contribution in [2.75, 3.05) is 7.05 Å². The van der Waals surface area contributed by atoms with Crippen LogP contribution in [-0.4, -0.2) is 27.2 Å². The first kappa shape index (κ1) is 14.5. The van der Waals surface area contributed by atoms with Gasteiger partial charge in [-0.1, -0.05) is 58.4 Å². The van der Waals surface area contributed by atoms with E-state index in [-0.39, 0.29) is 0 Å². The smallest absolute Gasteiger partial charge is 0.199 e. The summed E-state index contributed by atoms with van der Waals surface area (Å²) in [6.07, 6.45) is 0. The van der Waals surface area contributed by atoms with E-state index in [4.69, 9.17) is 0 Å². The van der Waals surface area contributed by atoms with Gasteiger partial charge in [0.15, 0.2) is 11.3 Å². The van der Waals surface area contributed by atoms with Crippen molar-refractivity contribution < 1.29 is 5.21 Å². The summed E-state index contributed by atoms with van der Waals surface area (Å²) in [6.45, 7) is 0. The molecule has 22 heavy (non-hydrogen) atoms. The van der Waals surface area contributed by atoms with Crippen LogP contribution in [0.5, 0.6) is 0 Å². The molecule has 3 rings (SSSR count). The normalized spacial score (nSPS) is 11.6. The second kappa shape index (κ2) is 6.11. The van der Waals surface area contributed by atoms with Gasteiger partial charge >= 0.3 is 0 Å². The third-order valence-corrected chi connectivity index (χ3v) is 3.69. The van der Waals surface area contributed by atoms with Crippen molar-refractivity contribution in [1.29, 1.82) is 0 Å². The molecule has 0 amide bonds. The topological polar surface area (TPSA) is 63.3 Å². The molecule has 0 aliphatic heterocycles. The lowest BCUT2D eigenvalue weighted by Crippen LogP contribution is -2.25. The Morgan fingerprint density at radius 1 is 1.00 bits per heavy atom.